The first kappa shape index (κ1) is 38.9. The lowest BCUT2D eigenvalue weighted by atomic mass is 9.91. The summed E-state index contributed by atoms with van der Waals surface area (Å²) in [4.78, 5) is 2.39. The van der Waals surface area contributed by atoms with Crippen LogP contribution in [0.5, 0.6) is 0 Å². The first-order valence-corrected chi connectivity index (χ1v) is 23.7. The van der Waals surface area contributed by atoms with Crippen molar-refractivity contribution in [2.75, 3.05) is 4.90 Å². The molecule has 0 aliphatic carbocycles. The number of anilines is 3. The number of para-hydroxylation sites is 4. The Hall–Kier alpha value is -8.50. The number of hydrogen-bond acceptors (Lipinski definition) is 2. The van der Waals surface area contributed by atoms with Crippen molar-refractivity contribution < 1.29 is 0 Å². The lowest BCUT2D eigenvalue weighted by Crippen LogP contribution is -2.10. The second-order valence-electron chi connectivity index (χ2n) is 17.2. The van der Waals surface area contributed by atoms with Crippen LogP contribution in [0, 0.1) is 0 Å². The van der Waals surface area contributed by atoms with Crippen molar-refractivity contribution in [3.05, 3.63) is 255 Å². The third-order valence-electron chi connectivity index (χ3n) is 13.4. The highest BCUT2D eigenvalue weighted by Gasteiger charge is 2.21. The Labute approximate surface area is 393 Å². The first-order chi connectivity index (χ1) is 33.2. The third-order valence-corrected chi connectivity index (χ3v) is 14.6. The smallest absolute Gasteiger partial charge is 0.0541 e. The summed E-state index contributed by atoms with van der Waals surface area (Å²) in [5.74, 6) is 0. The number of fused-ring (bicyclic) bond motifs is 7. The summed E-state index contributed by atoms with van der Waals surface area (Å²) in [5, 5.41) is 7.57. The van der Waals surface area contributed by atoms with E-state index in [2.05, 4.69) is 264 Å². The van der Waals surface area contributed by atoms with E-state index < -0.39 is 0 Å². The molecule has 11 aromatic carbocycles. The monoisotopic (exact) mass is 870 g/mol. The van der Waals surface area contributed by atoms with Gasteiger partial charge in [-0.2, -0.15) is 0 Å². The second-order valence-corrected chi connectivity index (χ2v) is 18.3. The van der Waals surface area contributed by atoms with Crippen LogP contribution in [0.2, 0.25) is 0 Å². The summed E-state index contributed by atoms with van der Waals surface area (Å²) in [7, 11) is 0. The molecule has 0 amide bonds. The average molecular weight is 871 g/mol. The Morgan fingerprint density at radius 3 is 1.46 bits per heavy atom. The minimum absolute atomic E-state index is 1.08. The average Bonchev–Trinajstić information content (AvgIpc) is 3.95. The van der Waals surface area contributed by atoms with Gasteiger partial charge in [-0.15, -0.1) is 11.3 Å². The fraction of sp³-hybridized carbons (Fsp3) is 0. The molecule has 0 saturated heterocycles. The first-order valence-electron chi connectivity index (χ1n) is 22.9. The maximum absolute atomic E-state index is 2.45. The summed E-state index contributed by atoms with van der Waals surface area (Å²) >= 11 is 1.86. The minimum atomic E-state index is 1.08. The van der Waals surface area contributed by atoms with E-state index in [1.54, 1.807) is 0 Å². The van der Waals surface area contributed by atoms with Crippen molar-refractivity contribution in [2.45, 2.75) is 0 Å². The Balaban J connectivity index is 0.995. The van der Waals surface area contributed by atoms with Gasteiger partial charge >= 0.3 is 0 Å². The molecule has 2 heterocycles. The van der Waals surface area contributed by atoms with Crippen LogP contribution < -0.4 is 4.90 Å². The molecular weight excluding hydrogens is 829 g/mol. The van der Waals surface area contributed by atoms with Crippen LogP contribution >= 0.6 is 11.3 Å². The summed E-state index contributed by atoms with van der Waals surface area (Å²) in [6.45, 7) is 0. The van der Waals surface area contributed by atoms with E-state index in [-0.39, 0.29) is 0 Å². The molecule has 0 saturated carbocycles. The third kappa shape index (κ3) is 6.63. The molecule has 0 aliphatic rings. The zero-order valence-corrected chi connectivity index (χ0v) is 37.4. The molecule has 314 valence electrons. The zero-order chi connectivity index (χ0) is 44.3. The Kier molecular flexibility index (Phi) is 9.40. The van der Waals surface area contributed by atoms with E-state index in [0.29, 0.717) is 0 Å². The van der Waals surface area contributed by atoms with Gasteiger partial charge in [0.1, 0.15) is 0 Å². The van der Waals surface area contributed by atoms with Gasteiger partial charge in [0.15, 0.2) is 0 Å². The second kappa shape index (κ2) is 16.2. The van der Waals surface area contributed by atoms with Crippen molar-refractivity contribution in [2.24, 2.45) is 0 Å². The van der Waals surface area contributed by atoms with Crippen LogP contribution in [0.15, 0.2) is 255 Å². The maximum atomic E-state index is 2.45. The topological polar surface area (TPSA) is 8.17 Å². The lowest BCUT2D eigenvalue weighted by Gasteiger charge is -2.27. The minimum Gasteiger partial charge on any atom is -0.310 e. The van der Waals surface area contributed by atoms with E-state index in [4.69, 9.17) is 0 Å². The van der Waals surface area contributed by atoms with Crippen LogP contribution in [0.1, 0.15) is 0 Å². The van der Waals surface area contributed by atoms with Crippen LogP contribution in [-0.2, 0) is 0 Å². The maximum Gasteiger partial charge on any atom is 0.0541 e. The standard InChI is InChI=1S/C64H42N2S/c1-3-17-43(18-4-1)49-38-39-50(52-22-8-7-21-51(49)52)44-31-34-47(35-32-44)65(46-19-5-2-6-20-46)48-36-37-53(58(42-48)45-33-40-64-59(41-45)57-26-12-16-30-63(57)67-64)54-23-9-13-27-60(54)66-61-28-14-10-24-55(61)56-25-11-15-29-62(56)66/h1-42H. The molecule has 67 heavy (non-hydrogen) atoms. The molecule has 13 rings (SSSR count). The molecule has 0 bridgehead atoms. The van der Waals surface area contributed by atoms with Crippen molar-refractivity contribution in [3.63, 3.8) is 0 Å². The molecule has 0 atom stereocenters. The van der Waals surface area contributed by atoms with Gasteiger partial charge in [-0.3, -0.25) is 0 Å². The Morgan fingerprint density at radius 1 is 0.269 bits per heavy atom. The lowest BCUT2D eigenvalue weighted by molar-refractivity contribution is 1.18. The van der Waals surface area contributed by atoms with Gasteiger partial charge in [0.25, 0.3) is 0 Å². The summed E-state index contributed by atoms with van der Waals surface area (Å²) < 4.78 is 5.05. The highest BCUT2D eigenvalue weighted by molar-refractivity contribution is 7.25. The molecule has 2 nitrogen and oxygen atoms in total. The SMILES string of the molecule is c1ccc(-c2ccc(-c3ccc(N(c4ccccc4)c4ccc(-c5ccccc5-n5c6ccccc6c6ccccc65)c(-c5ccc6sc7ccccc7c6c5)c4)cc3)c3ccccc23)cc1. The molecule has 3 heteroatoms. The molecule has 0 unspecified atom stereocenters. The molecule has 0 N–H and O–H groups in total. The zero-order valence-electron chi connectivity index (χ0n) is 36.6. The number of hydrogen-bond donors (Lipinski definition) is 0. The number of thiophene rings is 1. The molecular formula is C64H42N2S. The predicted octanol–water partition coefficient (Wildman–Crippen LogP) is 18.4. The van der Waals surface area contributed by atoms with Gasteiger partial charge in [0, 0.05) is 53.6 Å². The Bertz CT molecular complexity index is 3920. The normalized spacial score (nSPS) is 11.6. The summed E-state index contributed by atoms with van der Waals surface area (Å²) in [5.41, 5.74) is 16.4. The predicted molar refractivity (Wildman–Crippen MR) is 288 cm³/mol. The van der Waals surface area contributed by atoms with E-state index in [9.17, 15) is 0 Å². The molecule has 0 radical (unpaired) electrons. The van der Waals surface area contributed by atoms with Crippen LogP contribution in [0.25, 0.3) is 103 Å². The number of nitrogens with zero attached hydrogens (tertiary/aromatic N) is 2. The van der Waals surface area contributed by atoms with Crippen molar-refractivity contribution in [1.82, 2.24) is 4.57 Å². The number of aromatic nitrogens is 1. The van der Waals surface area contributed by atoms with Gasteiger partial charge in [-0.1, -0.05) is 182 Å². The van der Waals surface area contributed by atoms with Crippen molar-refractivity contribution >= 4 is 81.1 Å². The highest BCUT2D eigenvalue weighted by atomic mass is 32.1. The van der Waals surface area contributed by atoms with E-state index >= 15 is 0 Å². The summed E-state index contributed by atoms with van der Waals surface area (Å²) in [6.07, 6.45) is 0. The largest absolute Gasteiger partial charge is 0.310 e. The van der Waals surface area contributed by atoms with E-state index in [0.717, 1.165) is 22.7 Å². The molecule has 0 aliphatic heterocycles. The highest BCUT2D eigenvalue weighted by Crippen LogP contribution is 2.46. The molecule has 0 spiro atoms. The van der Waals surface area contributed by atoms with Gasteiger partial charge in [0.05, 0.1) is 16.7 Å². The fourth-order valence-electron chi connectivity index (χ4n) is 10.4. The van der Waals surface area contributed by atoms with Crippen LogP contribution in [-0.4, -0.2) is 4.57 Å². The van der Waals surface area contributed by atoms with Gasteiger partial charge < -0.3 is 9.47 Å². The van der Waals surface area contributed by atoms with Gasteiger partial charge in [-0.05, 0) is 123 Å². The number of benzene rings is 11. The number of rotatable bonds is 8. The molecule has 2 aromatic heterocycles. The molecule has 13 aromatic rings. The van der Waals surface area contributed by atoms with Gasteiger partial charge in [-0.25, -0.2) is 0 Å². The molecule has 0 fully saturated rings. The van der Waals surface area contributed by atoms with E-state index in [1.807, 2.05) is 11.3 Å². The van der Waals surface area contributed by atoms with Crippen molar-refractivity contribution in [3.8, 4) is 50.2 Å². The van der Waals surface area contributed by atoms with Crippen molar-refractivity contribution in [1.29, 1.82) is 0 Å². The summed E-state index contributed by atoms with van der Waals surface area (Å²) in [6, 6.07) is 93.3. The Morgan fingerprint density at radius 2 is 0.761 bits per heavy atom. The quantitative estimate of drug-likeness (QED) is 0.148. The fourth-order valence-corrected chi connectivity index (χ4v) is 11.4. The van der Waals surface area contributed by atoms with Gasteiger partial charge in [0.2, 0.25) is 0 Å². The van der Waals surface area contributed by atoms with Crippen LogP contribution in [0.4, 0.5) is 17.1 Å². The van der Waals surface area contributed by atoms with Crippen LogP contribution in [0.3, 0.4) is 0 Å². The van der Waals surface area contributed by atoms with E-state index in [1.165, 1.54) is 97.3 Å².